The van der Waals surface area contributed by atoms with E-state index in [1.807, 2.05) is 0 Å². The SMILES string of the molecule is CC1(NC(=O)COc2cc(Cl)c(Cl)cc2Cl)CCS(=O)(=O)C1. The molecule has 122 valence electrons. The predicted molar refractivity (Wildman–Crippen MR) is 86.8 cm³/mol. The molecule has 22 heavy (non-hydrogen) atoms. The number of sulfone groups is 1. The van der Waals surface area contributed by atoms with Crippen LogP contribution in [0.2, 0.25) is 15.1 Å². The summed E-state index contributed by atoms with van der Waals surface area (Å²) >= 11 is 17.6. The molecule has 1 fully saturated rings. The molecule has 1 aromatic rings. The van der Waals surface area contributed by atoms with Crippen molar-refractivity contribution in [3.8, 4) is 5.75 Å². The van der Waals surface area contributed by atoms with Crippen molar-refractivity contribution in [1.29, 1.82) is 0 Å². The van der Waals surface area contributed by atoms with E-state index in [2.05, 4.69) is 5.32 Å². The van der Waals surface area contributed by atoms with Gasteiger partial charge in [-0.25, -0.2) is 8.42 Å². The lowest BCUT2D eigenvalue weighted by atomic mass is 10.0. The summed E-state index contributed by atoms with van der Waals surface area (Å²) in [5.74, 6) is -0.195. The zero-order valence-corrected chi connectivity index (χ0v) is 14.7. The number of ether oxygens (including phenoxy) is 1. The van der Waals surface area contributed by atoms with Gasteiger partial charge in [-0.2, -0.15) is 0 Å². The number of rotatable bonds is 4. The molecular weight excluding hydrogens is 373 g/mol. The summed E-state index contributed by atoms with van der Waals surface area (Å²) in [4.78, 5) is 11.9. The number of hydrogen-bond acceptors (Lipinski definition) is 4. The Morgan fingerprint density at radius 2 is 1.91 bits per heavy atom. The monoisotopic (exact) mass is 385 g/mol. The van der Waals surface area contributed by atoms with Gasteiger partial charge in [-0.05, 0) is 19.4 Å². The van der Waals surface area contributed by atoms with E-state index in [1.165, 1.54) is 12.1 Å². The summed E-state index contributed by atoms with van der Waals surface area (Å²) in [6, 6.07) is 2.84. The first-order chi connectivity index (χ1) is 10.1. The van der Waals surface area contributed by atoms with Gasteiger partial charge < -0.3 is 10.1 Å². The summed E-state index contributed by atoms with van der Waals surface area (Å²) in [7, 11) is -3.09. The molecule has 0 radical (unpaired) electrons. The number of nitrogens with one attached hydrogen (secondary N) is 1. The van der Waals surface area contributed by atoms with Gasteiger partial charge in [0.1, 0.15) is 5.75 Å². The minimum Gasteiger partial charge on any atom is -0.482 e. The molecule has 1 amide bonds. The highest BCUT2D eigenvalue weighted by Gasteiger charge is 2.39. The van der Waals surface area contributed by atoms with Gasteiger partial charge in [0, 0.05) is 6.07 Å². The van der Waals surface area contributed by atoms with Crippen LogP contribution in [0.25, 0.3) is 0 Å². The van der Waals surface area contributed by atoms with E-state index in [-0.39, 0.29) is 38.9 Å². The second kappa shape index (κ2) is 6.43. The second-order valence-corrected chi connectivity index (χ2v) is 8.84. The number of hydrogen-bond donors (Lipinski definition) is 1. The smallest absolute Gasteiger partial charge is 0.258 e. The third-order valence-corrected chi connectivity index (χ3v) is 6.20. The third-order valence-electron chi connectivity index (χ3n) is 3.28. The highest BCUT2D eigenvalue weighted by Crippen LogP contribution is 2.33. The summed E-state index contributed by atoms with van der Waals surface area (Å²) in [6.45, 7) is 1.40. The Bertz CT molecular complexity index is 707. The van der Waals surface area contributed by atoms with E-state index >= 15 is 0 Å². The number of halogens is 3. The fourth-order valence-corrected chi connectivity index (χ4v) is 4.92. The van der Waals surface area contributed by atoms with E-state index in [1.54, 1.807) is 6.92 Å². The lowest BCUT2D eigenvalue weighted by Gasteiger charge is -2.23. The first kappa shape index (κ1) is 17.7. The average Bonchev–Trinajstić information content (AvgIpc) is 2.66. The minimum atomic E-state index is -3.09. The largest absolute Gasteiger partial charge is 0.482 e. The van der Waals surface area contributed by atoms with Crippen LogP contribution in [0.3, 0.4) is 0 Å². The van der Waals surface area contributed by atoms with E-state index in [0.717, 1.165) is 0 Å². The lowest BCUT2D eigenvalue weighted by molar-refractivity contribution is -0.124. The molecule has 1 aliphatic heterocycles. The lowest BCUT2D eigenvalue weighted by Crippen LogP contribution is -2.48. The van der Waals surface area contributed by atoms with Gasteiger partial charge >= 0.3 is 0 Å². The van der Waals surface area contributed by atoms with Crippen LogP contribution in [0, 0.1) is 0 Å². The zero-order chi connectivity index (χ0) is 16.5. The highest BCUT2D eigenvalue weighted by atomic mass is 35.5. The number of carbonyl (C=O) groups is 1. The molecule has 1 aliphatic rings. The molecule has 1 heterocycles. The molecule has 0 aromatic heterocycles. The maximum absolute atomic E-state index is 11.9. The fourth-order valence-electron chi connectivity index (χ4n) is 2.24. The first-order valence-corrected chi connectivity index (χ1v) is 9.35. The van der Waals surface area contributed by atoms with Crippen LogP contribution in [-0.2, 0) is 14.6 Å². The molecule has 1 saturated heterocycles. The Hall–Kier alpha value is -0.690. The normalized spacial score (nSPS) is 23.3. The van der Waals surface area contributed by atoms with Crippen LogP contribution in [-0.4, -0.2) is 38.0 Å². The van der Waals surface area contributed by atoms with Gasteiger partial charge in [0.15, 0.2) is 16.4 Å². The maximum Gasteiger partial charge on any atom is 0.258 e. The Morgan fingerprint density at radius 1 is 1.27 bits per heavy atom. The summed E-state index contributed by atoms with van der Waals surface area (Å²) in [5, 5.41) is 3.46. The third kappa shape index (κ3) is 4.41. The minimum absolute atomic E-state index is 0.0702. The average molecular weight is 387 g/mol. The molecule has 1 N–H and O–H groups in total. The number of benzene rings is 1. The van der Waals surface area contributed by atoms with Gasteiger partial charge in [0.2, 0.25) is 0 Å². The number of carbonyl (C=O) groups excluding carboxylic acids is 1. The highest BCUT2D eigenvalue weighted by molar-refractivity contribution is 7.91. The molecule has 1 aromatic carbocycles. The molecule has 0 spiro atoms. The Labute approximate surface area is 143 Å². The van der Waals surface area contributed by atoms with Crippen molar-refractivity contribution in [2.75, 3.05) is 18.1 Å². The topological polar surface area (TPSA) is 72.5 Å². The molecule has 1 unspecified atom stereocenters. The van der Waals surface area contributed by atoms with Crippen LogP contribution in [0.5, 0.6) is 5.75 Å². The van der Waals surface area contributed by atoms with E-state index < -0.39 is 21.3 Å². The van der Waals surface area contributed by atoms with Crippen molar-refractivity contribution in [2.24, 2.45) is 0 Å². The van der Waals surface area contributed by atoms with Crippen molar-refractivity contribution >= 4 is 50.5 Å². The predicted octanol–water partition coefficient (Wildman–Crippen LogP) is 2.72. The van der Waals surface area contributed by atoms with Crippen molar-refractivity contribution in [3.05, 3.63) is 27.2 Å². The van der Waals surface area contributed by atoms with Crippen LogP contribution in [0.4, 0.5) is 0 Å². The van der Waals surface area contributed by atoms with Gasteiger partial charge in [0.25, 0.3) is 5.91 Å². The fraction of sp³-hybridized carbons (Fsp3) is 0.462. The van der Waals surface area contributed by atoms with Crippen LogP contribution in [0.15, 0.2) is 12.1 Å². The van der Waals surface area contributed by atoms with Crippen molar-refractivity contribution in [3.63, 3.8) is 0 Å². The molecule has 5 nitrogen and oxygen atoms in total. The Balaban J connectivity index is 1.95. The molecule has 0 aliphatic carbocycles. The molecule has 1 atom stereocenters. The molecule has 9 heteroatoms. The van der Waals surface area contributed by atoms with Crippen molar-refractivity contribution in [1.82, 2.24) is 5.32 Å². The van der Waals surface area contributed by atoms with Gasteiger partial charge in [-0.15, -0.1) is 0 Å². The summed E-state index contributed by atoms with van der Waals surface area (Å²) in [5.41, 5.74) is -0.763. The molecule has 2 rings (SSSR count). The summed E-state index contributed by atoms with van der Waals surface area (Å²) < 4.78 is 28.3. The van der Waals surface area contributed by atoms with E-state index in [9.17, 15) is 13.2 Å². The van der Waals surface area contributed by atoms with Crippen molar-refractivity contribution in [2.45, 2.75) is 18.9 Å². The first-order valence-electron chi connectivity index (χ1n) is 6.39. The Morgan fingerprint density at radius 3 is 2.50 bits per heavy atom. The zero-order valence-electron chi connectivity index (χ0n) is 11.7. The molecular formula is C13H14Cl3NO4S. The van der Waals surface area contributed by atoms with Gasteiger partial charge in [-0.3, -0.25) is 4.79 Å². The maximum atomic E-state index is 11.9. The van der Waals surface area contributed by atoms with Crippen LogP contribution in [0.1, 0.15) is 13.3 Å². The van der Waals surface area contributed by atoms with Crippen molar-refractivity contribution < 1.29 is 17.9 Å². The van der Waals surface area contributed by atoms with Crippen LogP contribution < -0.4 is 10.1 Å². The standard InChI is InChI=1S/C13H14Cl3NO4S/c1-13(2-3-22(19,20)7-13)17-12(18)6-21-11-5-9(15)8(14)4-10(11)16/h4-5H,2-3,6-7H2,1H3,(H,17,18). The van der Waals surface area contributed by atoms with Crippen LogP contribution >= 0.6 is 34.8 Å². The van der Waals surface area contributed by atoms with Gasteiger partial charge in [-0.1, -0.05) is 34.8 Å². The number of amides is 1. The summed E-state index contributed by atoms with van der Waals surface area (Å²) in [6.07, 6.45) is 0.384. The van der Waals surface area contributed by atoms with Gasteiger partial charge in [0.05, 0.1) is 32.1 Å². The molecule has 0 bridgehead atoms. The quantitative estimate of drug-likeness (QED) is 0.808. The second-order valence-electron chi connectivity index (χ2n) is 5.44. The van der Waals surface area contributed by atoms with E-state index in [4.69, 9.17) is 39.5 Å². The van der Waals surface area contributed by atoms with E-state index in [0.29, 0.717) is 6.42 Å². The Kier molecular flexibility index (Phi) is 5.16. The molecule has 0 saturated carbocycles.